The van der Waals surface area contributed by atoms with Crippen LogP contribution in [0.1, 0.15) is 41.6 Å². The summed E-state index contributed by atoms with van der Waals surface area (Å²) in [7, 11) is 1.70. The van der Waals surface area contributed by atoms with Crippen molar-refractivity contribution in [3.05, 3.63) is 78.2 Å². The third kappa shape index (κ3) is 5.32. The molecule has 4 aromatic rings. The Hall–Kier alpha value is -4.40. The van der Waals surface area contributed by atoms with Gasteiger partial charge in [0, 0.05) is 50.6 Å². The number of benzene rings is 2. The highest BCUT2D eigenvalue weighted by Gasteiger charge is 2.27. The smallest absolute Gasteiger partial charge is 0.253 e. The van der Waals surface area contributed by atoms with E-state index in [9.17, 15) is 9.59 Å². The maximum Gasteiger partial charge on any atom is 0.253 e. The highest BCUT2D eigenvalue weighted by Crippen LogP contribution is 2.35. The molecule has 9 nitrogen and oxygen atoms in total. The number of H-pyrrole nitrogens is 1. The van der Waals surface area contributed by atoms with E-state index in [-0.39, 0.29) is 11.8 Å². The van der Waals surface area contributed by atoms with Gasteiger partial charge in [0.1, 0.15) is 23.5 Å². The molecule has 2 aromatic heterocycles. The molecule has 5 rings (SSSR count). The number of aromatic nitrogens is 3. The minimum Gasteiger partial charge on any atom is -0.496 e. The number of piperidine rings is 1. The summed E-state index contributed by atoms with van der Waals surface area (Å²) in [5.74, 6) is 1.91. The first-order chi connectivity index (χ1) is 18.5. The van der Waals surface area contributed by atoms with Crippen molar-refractivity contribution in [2.45, 2.75) is 25.7 Å². The quantitative estimate of drug-likeness (QED) is 0.366. The molecular formula is C29H32N6O3. The number of carbonyl (C=O) groups is 2. The molecule has 0 spiro atoms. The summed E-state index contributed by atoms with van der Waals surface area (Å²) < 4.78 is 5.56. The Balaban J connectivity index is 1.36. The predicted octanol–water partition coefficient (Wildman–Crippen LogP) is 4.26. The monoisotopic (exact) mass is 512 g/mol. The van der Waals surface area contributed by atoms with Crippen molar-refractivity contribution in [1.82, 2.24) is 25.2 Å². The van der Waals surface area contributed by atoms with Gasteiger partial charge in [-0.1, -0.05) is 24.3 Å². The van der Waals surface area contributed by atoms with Crippen LogP contribution in [-0.2, 0) is 4.79 Å². The number of nitrogens with zero attached hydrogens (tertiary/aromatic N) is 4. The number of anilines is 2. The van der Waals surface area contributed by atoms with Gasteiger partial charge >= 0.3 is 0 Å². The number of rotatable bonds is 8. The predicted molar refractivity (Wildman–Crippen MR) is 147 cm³/mol. The molecule has 0 saturated carbocycles. The SMILES string of the molecule is COc1ccccc1C1CCN(C(=O)c2cccc(N(CCNC(C)=O)c3ncnc4[nH]ccc34)c2)CC1. The second-order valence-corrected chi connectivity index (χ2v) is 9.43. The van der Waals surface area contributed by atoms with Crippen LogP contribution >= 0.6 is 0 Å². The van der Waals surface area contributed by atoms with Crippen LogP contribution in [0.3, 0.4) is 0 Å². The Morgan fingerprint density at radius 1 is 1.11 bits per heavy atom. The van der Waals surface area contributed by atoms with E-state index in [2.05, 4.69) is 26.3 Å². The van der Waals surface area contributed by atoms with Crippen LogP contribution in [-0.4, -0.2) is 65.0 Å². The largest absolute Gasteiger partial charge is 0.496 e. The number of hydrogen-bond acceptors (Lipinski definition) is 6. The van der Waals surface area contributed by atoms with Crippen LogP contribution in [0, 0.1) is 0 Å². The molecule has 1 fully saturated rings. The summed E-state index contributed by atoms with van der Waals surface area (Å²) in [6.07, 6.45) is 5.12. The van der Waals surface area contributed by atoms with E-state index in [1.807, 2.05) is 64.5 Å². The first-order valence-electron chi connectivity index (χ1n) is 12.9. The number of carbonyl (C=O) groups excluding carboxylic acids is 2. The zero-order valence-corrected chi connectivity index (χ0v) is 21.7. The van der Waals surface area contributed by atoms with Crippen molar-refractivity contribution in [2.24, 2.45) is 0 Å². The van der Waals surface area contributed by atoms with E-state index in [4.69, 9.17) is 4.74 Å². The van der Waals surface area contributed by atoms with Crippen molar-refractivity contribution in [3.8, 4) is 5.75 Å². The van der Waals surface area contributed by atoms with Gasteiger partial charge in [-0.2, -0.15) is 0 Å². The number of hydrogen-bond donors (Lipinski definition) is 2. The minimum absolute atomic E-state index is 0.0154. The molecule has 3 heterocycles. The number of methoxy groups -OCH3 is 1. The zero-order chi connectivity index (χ0) is 26.5. The van der Waals surface area contributed by atoms with E-state index in [0.29, 0.717) is 43.5 Å². The molecule has 0 radical (unpaired) electrons. The topological polar surface area (TPSA) is 103 Å². The molecule has 9 heteroatoms. The molecule has 1 saturated heterocycles. The fourth-order valence-corrected chi connectivity index (χ4v) is 5.16. The average molecular weight is 513 g/mol. The molecule has 196 valence electrons. The Morgan fingerprint density at radius 2 is 1.92 bits per heavy atom. The summed E-state index contributed by atoms with van der Waals surface area (Å²) in [5.41, 5.74) is 3.39. The van der Waals surface area contributed by atoms with E-state index < -0.39 is 0 Å². The lowest BCUT2D eigenvalue weighted by Gasteiger charge is -2.33. The first kappa shape index (κ1) is 25.3. The Labute approximate surface area is 221 Å². The van der Waals surface area contributed by atoms with Crippen molar-refractivity contribution < 1.29 is 14.3 Å². The van der Waals surface area contributed by atoms with Gasteiger partial charge in [0.25, 0.3) is 5.91 Å². The van der Waals surface area contributed by atoms with E-state index in [1.165, 1.54) is 18.8 Å². The number of amides is 2. The normalized spacial score (nSPS) is 13.9. The molecule has 0 atom stereocenters. The second kappa shape index (κ2) is 11.3. The minimum atomic E-state index is -0.0973. The maximum absolute atomic E-state index is 13.5. The number of ether oxygens (including phenoxy) is 1. The first-order valence-corrected chi connectivity index (χ1v) is 12.9. The van der Waals surface area contributed by atoms with Crippen molar-refractivity contribution in [2.75, 3.05) is 38.2 Å². The maximum atomic E-state index is 13.5. The Morgan fingerprint density at radius 3 is 2.71 bits per heavy atom. The molecule has 0 aliphatic carbocycles. The Bertz CT molecular complexity index is 1430. The molecule has 2 aromatic carbocycles. The van der Waals surface area contributed by atoms with Gasteiger partial charge in [0.2, 0.25) is 5.91 Å². The molecule has 38 heavy (non-hydrogen) atoms. The van der Waals surface area contributed by atoms with Crippen molar-refractivity contribution >= 4 is 34.4 Å². The van der Waals surface area contributed by atoms with Crippen molar-refractivity contribution in [1.29, 1.82) is 0 Å². The summed E-state index contributed by atoms with van der Waals surface area (Å²) in [4.78, 5) is 41.0. The highest BCUT2D eigenvalue weighted by atomic mass is 16.5. The number of nitrogens with one attached hydrogen (secondary N) is 2. The van der Waals surface area contributed by atoms with Crippen LogP contribution in [0.4, 0.5) is 11.5 Å². The van der Waals surface area contributed by atoms with E-state index >= 15 is 0 Å². The number of likely N-dealkylation sites (tertiary alicyclic amines) is 1. The standard InChI is InChI=1S/C29H32N6O3/c1-20(36)30-14-17-35(28-25-10-13-31-27(25)32-19-33-28)23-7-5-6-22(18-23)29(37)34-15-11-21(12-16-34)24-8-3-4-9-26(24)38-2/h3-10,13,18-19,21H,11-12,14-17H2,1-2H3,(H,30,36)(H,31,32,33). The molecular weight excluding hydrogens is 480 g/mol. The number of aromatic amines is 1. The van der Waals surface area contributed by atoms with Crippen LogP contribution in [0.25, 0.3) is 11.0 Å². The number of fused-ring (bicyclic) bond motifs is 1. The summed E-state index contributed by atoms with van der Waals surface area (Å²) in [6.45, 7) is 3.79. The molecule has 0 unspecified atom stereocenters. The van der Waals surface area contributed by atoms with Gasteiger partial charge in [-0.05, 0) is 54.7 Å². The van der Waals surface area contributed by atoms with Gasteiger partial charge in [-0.15, -0.1) is 0 Å². The highest BCUT2D eigenvalue weighted by molar-refractivity contribution is 5.96. The van der Waals surface area contributed by atoms with Gasteiger partial charge < -0.3 is 24.8 Å². The lowest BCUT2D eigenvalue weighted by molar-refractivity contribution is -0.118. The molecule has 0 bridgehead atoms. The van der Waals surface area contributed by atoms with E-state index in [0.717, 1.165) is 35.3 Å². The Kier molecular flexibility index (Phi) is 7.53. The van der Waals surface area contributed by atoms with Crippen molar-refractivity contribution in [3.63, 3.8) is 0 Å². The number of para-hydroxylation sites is 1. The third-order valence-electron chi connectivity index (χ3n) is 7.06. The van der Waals surface area contributed by atoms with Gasteiger partial charge in [-0.3, -0.25) is 9.59 Å². The van der Waals surface area contributed by atoms with Gasteiger partial charge in [-0.25, -0.2) is 9.97 Å². The third-order valence-corrected chi connectivity index (χ3v) is 7.06. The summed E-state index contributed by atoms with van der Waals surface area (Å²) in [5, 5.41) is 3.72. The fraction of sp³-hybridized carbons (Fsp3) is 0.310. The zero-order valence-electron chi connectivity index (χ0n) is 21.7. The van der Waals surface area contributed by atoms with Crippen LogP contribution in [0.15, 0.2) is 67.1 Å². The lowest BCUT2D eigenvalue weighted by Crippen LogP contribution is -2.38. The van der Waals surface area contributed by atoms with Crippen LogP contribution < -0.4 is 15.0 Å². The summed E-state index contributed by atoms with van der Waals surface area (Å²) in [6, 6.07) is 17.7. The average Bonchev–Trinajstić information content (AvgIpc) is 3.44. The van der Waals surface area contributed by atoms with Crippen LogP contribution in [0.2, 0.25) is 0 Å². The lowest BCUT2D eigenvalue weighted by atomic mass is 9.88. The van der Waals surface area contributed by atoms with Crippen LogP contribution in [0.5, 0.6) is 5.75 Å². The summed E-state index contributed by atoms with van der Waals surface area (Å²) >= 11 is 0. The second-order valence-electron chi connectivity index (χ2n) is 9.43. The molecule has 2 amide bonds. The fourth-order valence-electron chi connectivity index (χ4n) is 5.16. The molecule has 2 N–H and O–H groups in total. The molecule has 1 aliphatic heterocycles. The van der Waals surface area contributed by atoms with E-state index in [1.54, 1.807) is 7.11 Å². The van der Waals surface area contributed by atoms with Gasteiger partial charge in [0.15, 0.2) is 0 Å². The van der Waals surface area contributed by atoms with Gasteiger partial charge in [0.05, 0.1) is 12.5 Å². The molecule has 1 aliphatic rings.